The summed E-state index contributed by atoms with van der Waals surface area (Å²) < 4.78 is 30.2. The third-order valence-electron chi connectivity index (χ3n) is 3.23. The summed E-state index contributed by atoms with van der Waals surface area (Å²) in [5.41, 5.74) is 7.75. The summed E-state index contributed by atoms with van der Waals surface area (Å²) in [6.45, 7) is 4.26. The lowest BCUT2D eigenvalue weighted by molar-refractivity contribution is 0.595. The molecule has 0 spiro atoms. The van der Waals surface area contributed by atoms with Crippen LogP contribution >= 0.6 is 11.5 Å². The lowest BCUT2D eigenvalue weighted by Gasteiger charge is -2.07. The standard InChI is InChI=1S/C12H19N5O2S2/c1-4-5-21(18,19)10-11(13)16-20-12(10)14-6-9-7-15-17(3)8(9)2/h7,14H,4-6H2,1-3H3,(H2,13,16). The van der Waals surface area contributed by atoms with Crippen molar-refractivity contribution >= 4 is 32.2 Å². The molecule has 0 aromatic carbocycles. The first-order chi connectivity index (χ1) is 9.86. The van der Waals surface area contributed by atoms with Gasteiger partial charge in [-0.25, -0.2) is 8.42 Å². The van der Waals surface area contributed by atoms with E-state index in [-0.39, 0.29) is 16.5 Å². The SMILES string of the molecule is CCCS(=O)(=O)c1c(N)nsc1NCc1cnn(C)c1C. The summed E-state index contributed by atoms with van der Waals surface area (Å²) >= 11 is 1.07. The summed E-state index contributed by atoms with van der Waals surface area (Å²) in [7, 11) is -1.54. The highest BCUT2D eigenvalue weighted by Crippen LogP contribution is 2.33. The number of nitrogens with zero attached hydrogens (tertiary/aromatic N) is 3. The number of nitrogens with two attached hydrogens (primary N) is 1. The van der Waals surface area contributed by atoms with Crippen molar-refractivity contribution in [1.29, 1.82) is 0 Å². The van der Waals surface area contributed by atoms with Gasteiger partial charge < -0.3 is 11.1 Å². The summed E-state index contributed by atoms with van der Waals surface area (Å²) in [4.78, 5) is 0.121. The fraction of sp³-hybridized carbons (Fsp3) is 0.500. The molecule has 9 heteroatoms. The van der Waals surface area contributed by atoms with Gasteiger partial charge in [0, 0.05) is 24.8 Å². The number of aromatic nitrogens is 3. The zero-order valence-corrected chi connectivity index (χ0v) is 13.9. The van der Waals surface area contributed by atoms with Gasteiger partial charge in [-0.05, 0) is 24.9 Å². The Hall–Kier alpha value is -1.61. The van der Waals surface area contributed by atoms with E-state index in [1.807, 2.05) is 20.9 Å². The topological polar surface area (TPSA) is 103 Å². The number of hydrogen-bond acceptors (Lipinski definition) is 7. The minimum atomic E-state index is -3.40. The van der Waals surface area contributed by atoms with E-state index >= 15 is 0 Å². The van der Waals surface area contributed by atoms with Crippen LogP contribution in [0.5, 0.6) is 0 Å². The number of rotatable bonds is 6. The Kier molecular flexibility index (Phi) is 4.52. The number of sulfone groups is 1. The number of hydrogen-bond donors (Lipinski definition) is 2. The molecule has 0 saturated carbocycles. The molecule has 2 rings (SSSR count). The Balaban J connectivity index is 2.24. The molecule has 0 aliphatic carbocycles. The Labute approximate surface area is 128 Å². The minimum Gasteiger partial charge on any atom is -0.382 e. The Morgan fingerprint density at radius 1 is 1.48 bits per heavy atom. The van der Waals surface area contributed by atoms with E-state index in [1.165, 1.54) is 0 Å². The lowest BCUT2D eigenvalue weighted by atomic mass is 10.2. The molecule has 0 bridgehead atoms. The summed E-state index contributed by atoms with van der Waals surface area (Å²) in [6.07, 6.45) is 2.30. The van der Waals surface area contributed by atoms with Crippen molar-refractivity contribution in [2.24, 2.45) is 7.05 Å². The summed E-state index contributed by atoms with van der Waals surface area (Å²) in [5, 5.41) is 7.76. The molecule has 0 aliphatic heterocycles. The normalized spacial score (nSPS) is 11.8. The molecule has 0 fully saturated rings. The van der Waals surface area contributed by atoms with Crippen molar-refractivity contribution in [3.63, 3.8) is 0 Å². The molecule has 0 amide bonds. The molecule has 0 saturated heterocycles. The maximum Gasteiger partial charge on any atom is 0.185 e. The van der Waals surface area contributed by atoms with Crippen molar-refractivity contribution in [2.45, 2.75) is 31.7 Å². The predicted molar refractivity (Wildman–Crippen MR) is 84.1 cm³/mol. The molecule has 7 nitrogen and oxygen atoms in total. The Morgan fingerprint density at radius 2 is 2.19 bits per heavy atom. The fourth-order valence-corrected chi connectivity index (χ4v) is 4.59. The average Bonchev–Trinajstić information content (AvgIpc) is 2.93. The van der Waals surface area contributed by atoms with E-state index in [0.717, 1.165) is 22.8 Å². The number of nitrogens with one attached hydrogen (secondary N) is 1. The van der Waals surface area contributed by atoms with Crippen LogP contribution in [0.1, 0.15) is 24.6 Å². The van der Waals surface area contributed by atoms with E-state index in [4.69, 9.17) is 5.73 Å². The molecule has 2 heterocycles. The molecule has 116 valence electrons. The molecule has 0 aliphatic rings. The van der Waals surface area contributed by atoms with E-state index < -0.39 is 9.84 Å². The highest BCUT2D eigenvalue weighted by molar-refractivity contribution is 7.91. The van der Waals surface area contributed by atoms with Gasteiger partial charge in [0.1, 0.15) is 9.90 Å². The molecular formula is C12H19N5O2S2. The lowest BCUT2D eigenvalue weighted by Crippen LogP contribution is -2.10. The first-order valence-corrected chi connectivity index (χ1v) is 8.98. The third-order valence-corrected chi connectivity index (χ3v) is 6.16. The zero-order chi connectivity index (χ0) is 15.6. The molecule has 0 radical (unpaired) electrons. The largest absolute Gasteiger partial charge is 0.382 e. The molecule has 2 aromatic rings. The average molecular weight is 329 g/mol. The second kappa shape index (κ2) is 6.02. The number of nitrogen functional groups attached to an aromatic ring is 1. The number of aryl methyl sites for hydroxylation is 1. The quantitative estimate of drug-likeness (QED) is 0.834. The van der Waals surface area contributed by atoms with Crippen molar-refractivity contribution in [1.82, 2.24) is 14.2 Å². The highest BCUT2D eigenvalue weighted by atomic mass is 32.2. The smallest absolute Gasteiger partial charge is 0.185 e. The van der Waals surface area contributed by atoms with Crippen molar-refractivity contribution in [3.8, 4) is 0 Å². The second-order valence-electron chi connectivity index (χ2n) is 4.78. The van der Waals surface area contributed by atoms with Crippen molar-refractivity contribution in [2.75, 3.05) is 16.8 Å². The van der Waals surface area contributed by atoms with Crippen molar-refractivity contribution < 1.29 is 8.42 Å². The molecular weight excluding hydrogens is 310 g/mol. The van der Waals surface area contributed by atoms with E-state index in [9.17, 15) is 8.42 Å². The molecule has 0 unspecified atom stereocenters. The van der Waals surface area contributed by atoms with Gasteiger partial charge in [0.15, 0.2) is 15.7 Å². The summed E-state index contributed by atoms with van der Waals surface area (Å²) in [5.74, 6) is 0.134. The Morgan fingerprint density at radius 3 is 2.76 bits per heavy atom. The first kappa shape index (κ1) is 15.8. The fourth-order valence-electron chi connectivity index (χ4n) is 1.97. The molecule has 0 atom stereocenters. The van der Waals surface area contributed by atoms with E-state index in [0.29, 0.717) is 18.0 Å². The maximum atomic E-state index is 12.2. The van der Waals surface area contributed by atoms with Crippen LogP contribution in [0.25, 0.3) is 0 Å². The summed E-state index contributed by atoms with van der Waals surface area (Å²) in [6, 6.07) is 0. The second-order valence-corrected chi connectivity index (χ2v) is 7.60. The van der Waals surface area contributed by atoms with Gasteiger partial charge in [0.2, 0.25) is 0 Å². The molecule has 21 heavy (non-hydrogen) atoms. The van der Waals surface area contributed by atoms with Crippen LogP contribution in [0, 0.1) is 6.92 Å². The van der Waals surface area contributed by atoms with Crippen LogP contribution < -0.4 is 11.1 Å². The van der Waals surface area contributed by atoms with Crippen LogP contribution in [-0.4, -0.2) is 28.3 Å². The highest BCUT2D eigenvalue weighted by Gasteiger charge is 2.24. The maximum absolute atomic E-state index is 12.2. The van der Waals surface area contributed by atoms with Crippen LogP contribution in [0.2, 0.25) is 0 Å². The van der Waals surface area contributed by atoms with Gasteiger partial charge in [0.05, 0.1) is 11.9 Å². The van der Waals surface area contributed by atoms with Crippen LogP contribution in [0.3, 0.4) is 0 Å². The monoisotopic (exact) mass is 329 g/mol. The van der Waals surface area contributed by atoms with E-state index in [2.05, 4.69) is 14.8 Å². The van der Waals surface area contributed by atoms with Crippen molar-refractivity contribution in [3.05, 3.63) is 17.5 Å². The molecule has 2 aromatic heterocycles. The first-order valence-electron chi connectivity index (χ1n) is 6.56. The van der Waals surface area contributed by atoms with Gasteiger partial charge in [-0.2, -0.15) is 9.47 Å². The van der Waals surface area contributed by atoms with Crippen LogP contribution in [0.15, 0.2) is 11.1 Å². The van der Waals surface area contributed by atoms with Crippen LogP contribution in [0.4, 0.5) is 10.8 Å². The van der Waals surface area contributed by atoms with Gasteiger partial charge in [-0.3, -0.25) is 4.68 Å². The minimum absolute atomic E-state index is 0.0657. The van der Waals surface area contributed by atoms with Gasteiger partial charge in [0.25, 0.3) is 0 Å². The van der Waals surface area contributed by atoms with Crippen LogP contribution in [-0.2, 0) is 23.4 Å². The number of anilines is 2. The van der Waals surface area contributed by atoms with Gasteiger partial charge in [-0.15, -0.1) is 0 Å². The van der Waals surface area contributed by atoms with Gasteiger partial charge >= 0.3 is 0 Å². The van der Waals surface area contributed by atoms with E-state index in [1.54, 1.807) is 10.9 Å². The van der Waals surface area contributed by atoms with Gasteiger partial charge in [-0.1, -0.05) is 6.92 Å². The zero-order valence-electron chi connectivity index (χ0n) is 12.3. The predicted octanol–water partition coefficient (Wildman–Crippen LogP) is 1.56. The Bertz CT molecular complexity index is 733. The third kappa shape index (κ3) is 3.18. The molecule has 3 N–H and O–H groups in total.